The lowest BCUT2D eigenvalue weighted by molar-refractivity contribution is -0.146. The zero-order chi connectivity index (χ0) is 18.7. The lowest BCUT2D eigenvalue weighted by Gasteiger charge is -2.29. The van der Waals surface area contributed by atoms with Crippen molar-refractivity contribution in [1.29, 1.82) is 0 Å². The molecule has 134 valence electrons. The molecule has 0 saturated carbocycles. The van der Waals surface area contributed by atoms with Gasteiger partial charge in [-0.05, 0) is 45.9 Å². The van der Waals surface area contributed by atoms with Crippen LogP contribution in [-0.2, 0) is 15.8 Å². The number of benzene rings is 1. The molecule has 8 heteroatoms. The molecule has 1 rings (SSSR count). The normalized spacial score (nSPS) is 12.0. The molecule has 0 radical (unpaired) electrons. The predicted molar refractivity (Wildman–Crippen MR) is 86.8 cm³/mol. The Morgan fingerprint density at radius 1 is 1.17 bits per heavy atom. The number of hydrogen-bond donors (Lipinski definition) is 1. The van der Waals surface area contributed by atoms with Gasteiger partial charge in [0.05, 0.1) is 10.6 Å². The van der Waals surface area contributed by atoms with Gasteiger partial charge >= 0.3 is 6.18 Å². The van der Waals surface area contributed by atoms with Gasteiger partial charge in [0.15, 0.2) is 0 Å². The minimum absolute atomic E-state index is 0.0721. The van der Waals surface area contributed by atoms with Gasteiger partial charge in [0.25, 0.3) is 0 Å². The number of hydrogen-bond acceptors (Lipinski definition) is 2. The van der Waals surface area contributed by atoms with E-state index in [1.165, 1.54) is 24.8 Å². The van der Waals surface area contributed by atoms with Gasteiger partial charge in [-0.25, -0.2) is 0 Å². The van der Waals surface area contributed by atoms with Crippen LogP contribution in [0.25, 0.3) is 0 Å². The molecule has 0 aliphatic carbocycles. The van der Waals surface area contributed by atoms with Crippen molar-refractivity contribution in [2.75, 3.05) is 18.4 Å². The predicted octanol–water partition coefficient (Wildman–Crippen LogP) is 4.19. The zero-order valence-electron chi connectivity index (χ0n) is 13.9. The Kier molecular flexibility index (Phi) is 6.27. The monoisotopic (exact) mass is 364 g/mol. The van der Waals surface area contributed by atoms with E-state index in [4.69, 9.17) is 11.6 Å². The summed E-state index contributed by atoms with van der Waals surface area (Å²) in [5, 5.41) is 1.90. The Morgan fingerprint density at radius 3 is 2.17 bits per heavy atom. The number of carbonyl (C=O) groups excluding carboxylic acids is 2. The fraction of sp³-hybridized carbons (Fsp3) is 0.500. The molecule has 0 atom stereocenters. The summed E-state index contributed by atoms with van der Waals surface area (Å²) in [6.45, 7) is 7.30. The highest BCUT2D eigenvalue weighted by atomic mass is 35.5. The van der Waals surface area contributed by atoms with Gasteiger partial charge in [0, 0.05) is 18.8 Å². The quantitative estimate of drug-likeness (QED) is 0.796. The van der Waals surface area contributed by atoms with E-state index < -0.39 is 34.0 Å². The standard InChI is InChI=1S/C16H20ClF3N2O2/c1-5-22(6-2)14(24)15(3,4)13(23)21-10-7-8-12(17)11(9-10)16(18,19)20/h7-9H,5-6H2,1-4H3,(H,21,23). The summed E-state index contributed by atoms with van der Waals surface area (Å²) >= 11 is 5.54. The number of carbonyl (C=O) groups is 2. The van der Waals surface area contributed by atoms with E-state index in [-0.39, 0.29) is 5.69 Å². The molecule has 24 heavy (non-hydrogen) atoms. The third-order valence-electron chi connectivity index (χ3n) is 3.68. The lowest BCUT2D eigenvalue weighted by Crippen LogP contribution is -2.47. The first-order valence-corrected chi connectivity index (χ1v) is 7.80. The second kappa shape index (κ2) is 7.42. The summed E-state index contributed by atoms with van der Waals surface area (Å²) in [5.41, 5.74) is -2.53. The molecular formula is C16H20ClF3N2O2. The van der Waals surface area contributed by atoms with Crippen LogP contribution in [0.3, 0.4) is 0 Å². The molecule has 0 spiro atoms. The molecular weight excluding hydrogens is 345 g/mol. The highest BCUT2D eigenvalue weighted by Gasteiger charge is 2.39. The van der Waals surface area contributed by atoms with E-state index in [9.17, 15) is 22.8 Å². The molecule has 0 fully saturated rings. The van der Waals surface area contributed by atoms with Crippen molar-refractivity contribution in [3.63, 3.8) is 0 Å². The Bertz CT molecular complexity index is 626. The fourth-order valence-electron chi connectivity index (χ4n) is 2.11. The summed E-state index contributed by atoms with van der Waals surface area (Å²) in [6.07, 6.45) is -4.63. The third-order valence-corrected chi connectivity index (χ3v) is 4.01. The molecule has 1 aromatic rings. The minimum Gasteiger partial charge on any atom is -0.342 e. The Hall–Kier alpha value is -1.76. The molecule has 0 aliphatic heterocycles. The first kappa shape index (κ1) is 20.3. The molecule has 2 amide bonds. The van der Waals surface area contributed by atoms with Gasteiger partial charge in [-0.15, -0.1) is 0 Å². The average Bonchev–Trinajstić information content (AvgIpc) is 2.49. The summed E-state index contributed by atoms with van der Waals surface area (Å²) in [7, 11) is 0. The van der Waals surface area contributed by atoms with Crippen molar-refractivity contribution in [1.82, 2.24) is 4.90 Å². The van der Waals surface area contributed by atoms with E-state index in [1.807, 2.05) is 0 Å². The smallest absolute Gasteiger partial charge is 0.342 e. The summed E-state index contributed by atoms with van der Waals surface area (Å²) < 4.78 is 38.6. The van der Waals surface area contributed by atoms with Crippen molar-refractivity contribution < 1.29 is 22.8 Å². The van der Waals surface area contributed by atoms with E-state index >= 15 is 0 Å². The van der Waals surface area contributed by atoms with E-state index in [0.717, 1.165) is 12.1 Å². The number of anilines is 1. The first-order valence-electron chi connectivity index (χ1n) is 7.42. The fourth-order valence-corrected chi connectivity index (χ4v) is 2.34. The summed E-state index contributed by atoms with van der Waals surface area (Å²) in [6, 6.07) is 3.06. The summed E-state index contributed by atoms with van der Waals surface area (Å²) in [5.74, 6) is -1.08. The SMILES string of the molecule is CCN(CC)C(=O)C(C)(C)C(=O)Nc1ccc(Cl)c(C(F)(F)F)c1. The van der Waals surface area contributed by atoms with E-state index in [0.29, 0.717) is 13.1 Å². The van der Waals surface area contributed by atoms with Crippen molar-refractivity contribution in [2.45, 2.75) is 33.9 Å². The summed E-state index contributed by atoms with van der Waals surface area (Å²) in [4.78, 5) is 26.3. The maximum atomic E-state index is 12.9. The van der Waals surface area contributed by atoms with Crippen molar-refractivity contribution in [2.24, 2.45) is 5.41 Å². The van der Waals surface area contributed by atoms with Crippen molar-refractivity contribution >= 4 is 29.1 Å². The van der Waals surface area contributed by atoms with Gasteiger partial charge < -0.3 is 10.2 Å². The Labute approximate surface area is 144 Å². The zero-order valence-corrected chi connectivity index (χ0v) is 14.7. The number of amides is 2. The van der Waals surface area contributed by atoms with Crippen LogP contribution >= 0.6 is 11.6 Å². The number of nitrogens with zero attached hydrogens (tertiary/aromatic N) is 1. The van der Waals surface area contributed by atoms with Gasteiger partial charge in [-0.3, -0.25) is 9.59 Å². The molecule has 0 aliphatic rings. The molecule has 1 aromatic carbocycles. The highest BCUT2D eigenvalue weighted by Crippen LogP contribution is 2.36. The number of halogens is 4. The minimum atomic E-state index is -4.63. The van der Waals surface area contributed by atoms with Crippen molar-refractivity contribution in [3.8, 4) is 0 Å². The van der Waals surface area contributed by atoms with E-state index in [1.54, 1.807) is 13.8 Å². The van der Waals surface area contributed by atoms with Gasteiger partial charge in [0.2, 0.25) is 11.8 Å². The molecule has 0 unspecified atom stereocenters. The number of alkyl halides is 3. The maximum absolute atomic E-state index is 12.9. The van der Waals surface area contributed by atoms with Crippen LogP contribution < -0.4 is 5.32 Å². The molecule has 0 saturated heterocycles. The van der Waals surface area contributed by atoms with Crippen LogP contribution in [0.5, 0.6) is 0 Å². The molecule has 1 N–H and O–H groups in total. The van der Waals surface area contributed by atoms with E-state index in [2.05, 4.69) is 5.32 Å². The highest BCUT2D eigenvalue weighted by molar-refractivity contribution is 6.31. The van der Waals surface area contributed by atoms with Gasteiger partial charge in [0.1, 0.15) is 5.41 Å². The van der Waals surface area contributed by atoms with Gasteiger partial charge in [-0.2, -0.15) is 13.2 Å². The largest absolute Gasteiger partial charge is 0.417 e. The topological polar surface area (TPSA) is 49.4 Å². The third kappa shape index (κ3) is 4.41. The van der Waals surface area contributed by atoms with Crippen LogP contribution in [0.2, 0.25) is 5.02 Å². The number of rotatable bonds is 5. The Morgan fingerprint density at radius 2 is 1.71 bits per heavy atom. The van der Waals surface area contributed by atoms with Crippen molar-refractivity contribution in [3.05, 3.63) is 28.8 Å². The molecule has 0 heterocycles. The lowest BCUT2D eigenvalue weighted by atomic mass is 9.90. The second-order valence-corrected chi connectivity index (χ2v) is 6.16. The van der Waals surface area contributed by atoms with Crippen LogP contribution in [0.1, 0.15) is 33.3 Å². The molecule has 4 nitrogen and oxygen atoms in total. The Balaban J connectivity index is 3.05. The van der Waals surface area contributed by atoms with Crippen LogP contribution in [0.4, 0.5) is 18.9 Å². The number of nitrogens with one attached hydrogen (secondary N) is 1. The van der Waals surface area contributed by atoms with Crippen LogP contribution in [0, 0.1) is 5.41 Å². The first-order chi connectivity index (χ1) is 10.9. The van der Waals surface area contributed by atoms with Crippen LogP contribution in [0.15, 0.2) is 18.2 Å². The van der Waals surface area contributed by atoms with Gasteiger partial charge in [-0.1, -0.05) is 11.6 Å². The average molecular weight is 365 g/mol. The van der Waals surface area contributed by atoms with Crippen LogP contribution in [-0.4, -0.2) is 29.8 Å². The molecule has 0 aromatic heterocycles. The molecule has 0 bridgehead atoms. The maximum Gasteiger partial charge on any atom is 0.417 e. The second-order valence-electron chi connectivity index (χ2n) is 5.75.